The van der Waals surface area contributed by atoms with Crippen LogP contribution >= 0.6 is 0 Å². The van der Waals surface area contributed by atoms with Gasteiger partial charge in [-0.05, 0) is 30.3 Å². The first kappa shape index (κ1) is 23.1. The molecule has 1 aliphatic rings. The van der Waals surface area contributed by atoms with E-state index in [1.165, 1.54) is 52.1 Å². The second-order valence-electron chi connectivity index (χ2n) is 7.79. The van der Waals surface area contributed by atoms with Crippen molar-refractivity contribution in [3.05, 3.63) is 64.3 Å². The summed E-state index contributed by atoms with van der Waals surface area (Å²) in [7, 11) is 3.40. The molecule has 0 atom stereocenters. The van der Waals surface area contributed by atoms with Gasteiger partial charge in [-0.2, -0.15) is 0 Å². The van der Waals surface area contributed by atoms with Gasteiger partial charge in [-0.1, -0.05) is 0 Å². The van der Waals surface area contributed by atoms with E-state index in [4.69, 9.17) is 0 Å². The Morgan fingerprint density at radius 1 is 0.969 bits per heavy atom. The second kappa shape index (κ2) is 10.2. The number of carbonyl (C=O) groups is 3. The quantitative estimate of drug-likeness (QED) is 0.701. The molecule has 32 heavy (non-hydrogen) atoms. The lowest BCUT2D eigenvalue weighted by Gasteiger charge is -2.34. The summed E-state index contributed by atoms with van der Waals surface area (Å²) in [5, 5.41) is 2.62. The van der Waals surface area contributed by atoms with Gasteiger partial charge in [0.2, 0.25) is 11.8 Å². The number of piperazine rings is 1. The zero-order valence-corrected chi connectivity index (χ0v) is 18.1. The van der Waals surface area contributed by atoms with E-state index in [0.29, 0.717) is 38.4 Å². The molecule has 0 bridgehead atoms. The summed E-state index contributed by atoms with van der Waals surface area (Å²) >= 11 is 0. The summed E-state index contributed by atoms with van der Waals surface area (Å²) in [6, 6.07) is 7.92. The summed E-state index contributed by atoms with van der Waals surface area (Å²) < 4.78 is 14.2. The predicted octanol–water partition coefficient (Wildman–Crippen LogP) is 0.472. The monoisotopic (exact) mass is 443 g/mol. The van der Waals surface area contributed by atoms with Gasteiger partial charge in [0.25, 0.3) is 11.5 Å². The largest absolute Gasteiger partial charge is 0.348 e. The molecular formula is C22H26FN5O4. The van der Waals surface area contributed by atoms with Crippen LogP contribution < -0.4 is 10.9 Å². The maximum absolute atomic E-state index is 13.0. The molecule has 0 radical (unpaired) electrons. The van der Waals surface area contributed by atoms with E-state index >= 15 is 0 Å². The highest BCUT2D eigenvalue weighted by molar-refractivity contribution is 6.04. The summed E-state index contributed by atoms with van der Waals surface area (Å²) in [6.45, 7) is 2.17. The predicted molar refractivity (Wildman–Crippen MR) is 117 cm³/mol. The fourth-order valence-electron chi connectivity index (χ4n) is 3.26. The van der Waals surface area contributed by atoms with Gasteiger partial charge in [0, 0.05) is 58.2 Å². The van der Waals surface area contributed by atoms with Crippen molar-refractivity contribution in [2.75, 3.05) is 52.1 Å². The van der Waals surface area contributed by atoms with Crippen LogP contribution in [0.1, 0.15) is 10.4 Å². The molecule has 3 rings (SSSR count). The smallest absolute Gasteiger partial charge is 0.257 e. The van der Waals surface area contributed by atoms with Crippen molar-refractivity contribution in [1.29, 1.82) is 0 Å². The molecule has 1 N–H and O–H groups in total. The third-order valence-corrected chi connectivity index (χ3v) is 5.24. The number of halogens is 1. The van der Waals surface area contributed by atoms with Gasteiger partial charge in [0.15, 0.2) is 0 Å². The zero-order valence-electron chi connectivity index (χ0n) is 18.1. The number of likely N-dealkylation sites (N-methyl/N-ethyl adjacent to an activating group) is 1. The van der Waals surface area contributed by atoms with E-state index in [9.17, 15) is 23.6 Å². The Bertz CT molecular complexity index is 1040. The van der Waals surface area contributed by atoms with E-state index in [-0.39, 0.29) is 23.9 Å². The fourth-order valence-corrected chi connectivity index (χ4v) is 3.26. The van der Waals surface area contributed by atoms with Crippen molar-refractivity contribution < 1.29 is 18.8 Å². The SMILES string of the molecule is CN(C)C(=O)CN1CCN(C(=O)Cn2cc(C(=O)Nc3ccc(F)cc3)ccc2=O)CC1. The van der Waals surface area contributed by atoms with E-state index < -0.39 is 17.3 Å². The number of benzene rings is 1. The minimum Gasteiger partial charge on any atom is -0.348 e. The molecule has 0 spiro atoms. The molecule has 3 amide bonds. The number of rotatable bonds is 6. The minimum absolute atomic E-state index is 0.00653. The maximum atomic E-state index is 13.0. The van der Waals surface area contributed by atoms with Gasteiger partial charge >= 0.3 is 0 Å². The Hall–Kier alpha value is -3.53. The number of hydrogen-bond donors (Lipinski definition) is 1. The molecule has 1 saturated heterocycles. The molecule has 1 aliphatic heterocycles. The van der Waals surface area contributed by atoms with Gasteiger partial charge in [-0.3, -0.25) is 24.1 Å². The molecule has 0 saturated carbocycles. The number of nitrogens with zero attached hydrogens (tertiary/aromatic N) is 4. The van der Waals surface area contributed by atoms with Crippen molar-refractivity contribution in [2.45, 2.75) is 6.54 Å². The van der Waals surface area contributed by atoms with Gasteiger partial charge in [0.1, 0.15) is 12.4 Å². The molecule has 0 unspecified atom stereocenters. The van der Waals surface area contributed by atoms with Gasteiger partial charge in [-0.25, -0.2) is 4.39 Å². The number of carbonyl (C=O) groups excluding carboxylic acids is 3. The highest BCUT2D eigenvalue weighted by atomic mass is 19.1. The van der Waals surface area contributed by atoms with Crippen molar-refractivity contribution in [1.82, 2.24) is 19.3 Å². The minimum atomic E-state index is -0.475. The highest BCUT2D eigenvalue weighted by Gasteiger charge is 2.23. The first-order valence-corrected chi connectivity index (χ1v) is 10.2. The molecular weight excluding hydrogens is 417 g/mol. The van der Waals surface area contributed by atoms with E-state index in [1.807, 2.05) is 4.90 Å². The standard InChI is InChI=1S/C22H26FN5O4/c1-25(2)20(30)14-26-9-11-27(12-10-26)21(31)15-28-13-16(3-8-19(28)29)22(32)24-18-6-4-17(23)5-7-18/h3-8,13H,9-12,14-15H2,1-2H3,(H,24,32). The summed E-state index contributed by atoms with van der Waals surface area (Å²) in [4.78, 5) is 54.4. The number of hydrogen-bond acceptors (Lipinski definition) is 5. The van der Waals surface area contributed by atoms with Gasteiger partial charge in [-0.15, -0.1) is 0 Å². The van der Waals surface area contributed by atoms with E-state index in [1.54, 1.807) is 19.0 Å². The van der Waals surface area contributed by atoms with Crippen LogP contribution in [0, 0.1) is 5.82 Å². The lowest BCUT2D eigenvalue weighted by Crippen LogP contribution is -2.51. The number of anilines is 1. The number of pyridine rings is 1. The Balaban J connectivity index is 1.59. The van der Waals surface area contributed by atoms with Crippen LogP contribution in [-0.2, 0) is 16.1 Å². The van der Waals surface area contributed by atoms with Crippen LogP contribution in [0.2, 0.25) is 0 Å². The van der Waals surface area contributed by atoms with Crippen molar-refractivity contribution in [3.63, 3.8) is 0 Å². The van der Waals surface area contributed by atoms with Crippen molar-refractivity contribution in [2.24, 2.45) is 0 Å². The van der Waals surface area contributed by atoms with Crippen LogP contribution in [0.5, 0.6) is 0 Å². The molecule has 1 fully saturated rings. The average Bonchev–Trinajstić information content (AvgIpc) is 2.77. The van der Waals surface area contributed by atoms with Gasteiger partial charge < -0.3 is 19.7 Å². The van der Waals surface area contributed by atoms with E-state index in [2.05, 4.69) is 5.32 Å². The second-order valence-corrected chi connectivity index (χ2v) is 7.79. The Morgan fingerprint density at radius 2 is 1.62 bits per heavy atom. The van der Waals surface area contributed by atoms with Gasteiger partial charge in [0.05, 0.1) is 12.1 Å². The molecule has 10 heteroatoms. The lowest BCUT2D eigenvalue weighted by atomic mass is 10.2. The Labute approximate surface area is 185 Å². The topological polar surface area (TPSA) is 95.0 Å². The van der Waals surface area contributed by atoms with Crippen LogP contribution in [0.4, 0.5) is 10.1 Å². The number of aromatic nitrogens is 1. The van der Waals surface area contributed by atoms with Crippen molar-refractivity contribution >= 4 is 23.4 Å². The zero-order chi connectivity index (χ0) is 23.3. The molecule has 1 aromatic carbocycles. The summed E-state index contributed by atoms with van der Waals surface area (Å²) in [6.07, 6.45) is 1.34. The Kier molecular flexibility index (Phi) is 7.37. The number of amides is 3. The highest BCUT2D eigenvalue weighted by Crippen LogP contribution is 2.10. The molecule has 170 valence electrons. The summed E-state index contributed by atoms with van der Waals surface area (Å²) in [5.74, 6) is -1.12. The maximum Gasteiger partial charge on any atom is 0.257 e. The third-order valence-electron chi connectivity index (χ3n) is 5.24. The molecule has 1 aromatic heterocycles. The molecule has 9 nitrogen and oxygen atoms in total. The van der Waals surface area contributed by atoms with Crippen molar-refractivity contribution in [3.8, 4) is 0 Å². The van der Waals surface area contributed by atoms with Crippen LogP contribution in [-0.4, -0.2) is 83.8 Å². The van der Waals surface area contributed by atoms with Crippen LogP contribution in [0.15, 0.2) is 47.4 Å². The normalized spacial score (nSPS) is 14.2. The first-order valence-electron chi connectivity index (χ1n) is 10.2. The Morgan fingerprint density at radius 3 is 2.25 bits per heavy atom. The number of nitrogens with one attached hydrogen (secondary N) is 1. The summed E-state index contributed by atoms with van der Waals surface area (Å²) in [5.41, 5.74) is 0.219. The average molecular weight is 443 g/mol. The fraction of sp³-hybridized carbons (Fsp3) is 0.364. The molecule has 2 heterocycles. The van der Waals surface area contributed by atoms with Crippen LogP contribution in [0.25, 0.3) is 0 Å². The first-order chi connectivity index (χ1) is 15.2. The third kappa shape index (κ3) is 6.01. The van der Waals surface area contributed by atoms with E-state index in [0.717, 1.165) is 0 Å². The lowest BCUT2D eigenvalue weighted by molar-refractivity contribution is -0.134. The molecule has 0 aliphatic carbocycles. The molecule has 2 aromatic rings. The van der Waals surface area contributed by atoms with Crippen LogP contribution in [0.3, 0.4) is 0 Å².